The molecule has 2 aromatic rings. The van der Waals surface area contributed by atoms with Crippen LogP contribution >= 0.6 is 0 Å². The summed E-state index contributed by atoms with van der Waals surface area (Å²) in [5, 5.41) is 3.30. The quantitative estimate of drug-likeness (QED) is 0.736. The zero-order chi connectivity index (χ0) is 21.5. The molecule has 2 heterocycles. The Kier molecular flexibility index (Phi) is 5.53. The highest BCUT2D eigenvalue weighted by molar-refractivity contribution is 6.62. The lowest BCUT2D eigenvalue weighted by atomic mass is 9.76. The molecule has 0 atom stereocenters. The van der Waals surface area contributed by atoms with E-state index in [1.807, 2.05) is 25.3 Å². The monoisotopic (exact) mass is 409 g/mol. The molecule has 0 unspecified atom stereocenters. The lowest BCUT2D eigenvalue weighted by Gasteiger charge is -2.32. The number of hydrogen-bond donors (Lipinski definition) is 1. The van der Waals surface area contributed by atoms with Crippen LogP contribution in [0.4, 0.5) is 11.6 Å². The molecule has 2 aliphatic rings. The van der Waals surface area contributed by atoms with Gasteiger partial charge >= 0.3 is 7.12 Å². The second-order valence-corrected chi connectivity index (χ2v) is 9.49. The zero-order valence-electron chi connectivity index (χ0n) is 18.9. The third-order valence-corrected chi connectivity index (χ3v) is 6.54. The van der Waals surface area contributed by atoms with Gasteiger partial charge in [-0.1, -0.05) is 6.07 Å². The molecule has 1 saturated carbocycles. The second-order valence-electron chi connectivity index (χ2n) is 9.49. The van der Waals surface area contributed by atoms with Gasteiger partial charge in [-0.3, -0.25) is 0 Å². The first-order chi connectivity index (χ1) is 14.1. The first kappa shape index (κ1) is 21.1. The number of aromatic nitrogens is 2. The Labute approximate surface area is 179 Å². The van der Waals surface area contributed by atoms with E-state index in [2.05, 4.69) is 56.0 Å². The highest BCUT2D eigenvalue weighted by atomic mass is 16.7. The summed E-state index contributed by atoms with van der Waals surface area (Å²) in [4.78, 5) is 9.03. The van der Waals surface area contributed by atoms with E-state index >= 15 is 0 Å². The van der Waals surface area contributed by atoms with Gasteiger partial charge in [-0.25, -0.2) is 4.98 Å². The van der Waals surface area contributed by atoms with Gasteiger partial charge < -0.3 is 19.4 Å². The van der Waals surface area contributed by atoms with Gasteiger partial charge in [-0.05, 0) is 90.4 Å². The molecule has 0 spiro atoms. The van der Waals surface area contributed by atoms with Crippen LogP contribution in [0.5, 0.6) is 5.88 Å². The standard InChI is InChI=1S/C23H32BN3O3/c1-15-13-17(11-12-19(15)24-29-22(3,4)23(5,6)30-24)26-21-25-14-16(2)20(27-21)28-18-9-7-8-10-18/h11-14,18H,7-10H2,1-6H3,(H,25,26,27). The topological polar surface area (TPSA) is 65.5 Å². The van der Waals surface area contributed by atoms with Crippen molar-refractivity contribution in [1.82, 2.24) is 9.97 Å². The van der Waals surface area contributed by atoms with Crippen LogP contribution in [0.2, 0.25) is 0 Å². The fourth-order valence-corrected chi connectivity index (χ4v) is 3.89. The van der Waals surface area contributed by atoms with E-state index in [9.17, 15) is 0 Å². The van der Waals surface area contributed by atoms with Gasteiger partial charge in [0.2, 0.25) is 11.8 Å². The lowest BCUT2D eigenvalue weighted by Crippen LogP contribution is -2.41. The average molecular weight is 409 g/mol. The minimum Gasteiger partial charge on any atom is -0.474 e. The lowest BCUT2D eigenvalue weighted by molar-refractivity contribution is 0.00578. The van der Waals surface area contributed by atoms with Gasteiger partial charge in [0, 0.05) is 17.4 Å². The SMILES string of the molecule is Cc1cc(Nc2ncc(C)c(OC3CCCC3)n2)ccc1B1OC(C)(C)C(C)(C)O1. The minimum atomic E-state index is -0.369. The molecule has 1 aromatic heterocycles. The third-order valence-electron chi connectivity index (χ3n) is 6.54. The number of aryl methyl sites for hydroxylation is 2. The van der Waals surface area contributed by atoms with Crippen molar-refractivity contribution < 1.29 is 14.0 Å². The summed E-state index contributed by atoms with van der Waals surface area (Å²) in [6.45, 7) is 12.3. The summed E-state index contributed by atoms with van der Waals surface area (Å²) >= 11 is 0. The Morgan fingerprint density at radius 1 is 1.03 bits per heavy atom. The van der Waals surface area contributed by atoms with Gasteiger partial charge in [0.25, 0.3) is 0 Å². The normalized spacial score (nSPS) is 20.5. The Morgan fingerprint density at radius 2 is 1.70 bits per heavy atom. The summed E-state index contributed by atoms with van der Waals surface area (Å²) in [7, 11) is -0.369. The van der Waals surface area contributed by atoms with Crippen LogP contribution in [0.3, 0.4) is 0 Å². The van der Waals surface area contributed by atoms with Crippen LogP contribution in [0.25, 0.3) is 0 Å². The van der Waals surface area contributed by atoms with Crippen molar-refractivity contribution in [2.45, 2.75) is 84.5 Å². The van der Waals surface area contributed by atoms with Crippen LogP contribution in [-0.4, -0.2) is 34.4 Å². The number of nitrogens with one attached hydrogen (secondary N) is 1. The summed E-state index contributed by atoms with van der Waals surface area (Å²) in [5.41, 5.74) is 3.30. The zero-order valence-corrected chi connectivity index (χ0v) is 18.9. The molecule has 0 radical (unpaired) electrons. The molecule has 160 valence electrons. The fourth-order valence-electron chi connectivity index (χ4n) is 3.89. The van der Waals surface area contributed by atoms with Crippen molar-refractivity contribution in [2.75, 3.05) is 5.32 Å². The van der Waals surface area contributed by atoms with Crippen LogP contribution in [0, 0.1) is 13.8 Å². The highest BCUT2D eigenvalue weighted by Gasteiger charge is 2.52. The number of nitrogens with zero attached hydrogens (tertiary/aromatic N) is 2. The van der Waals surface area contributed by atoms with E-state index < -0.39 is 0 Å². The number of ether oxygens (including phenoxy) is 1. The van der Waals surface area contributed by atoms with Crippen molar-refractivity contribution in [3.8, 4) is 5.88 Å². The smallest absolute Gasteiger partial charge is 0.474 e. The molecule has 1 saturated heterocycles. The Bertz CT molecular complexity index is 910. The maximum atomic E-state index is 6.20. The number of anilines is 2. The van der Waals surface area contributed by atoms with E-state index in [1.165, 1.54) is 12.8 Å². The Morgan fingerprint density at radius 3 is 2.33 bits per heavy atom. The molecule has 7 heteroatoms. The first-order valence-corrected chi connectivity index (χ1v) is 10.9. The predicted molar refractivity (Wildman–Crippen MR) is 120 cm³/mol. The summed E-state index contributed by atoms with van der Waals surface area (Å²) in [6.07, 6.45) is 6.75. The van der Waals surface area contributed by atoms with Crippen LogP contribution in [-0.2, 0) is 9.31 Å². The summed E-state index contributed by atoms with van der Waals surface area (Å²) in [6, 6.07) is 6.12. The summed E-state index contributed by atoms with van der Waals surface area (Å²) in [5.74, 6) is 1.21. The molecule has 2 fully saturated rings. The van der Waals surface area contributed by atoms with E-state index in [4.69, 9.17) is 14.0 Å². The molecular formula is C23H32BN3O3. The first-order valence-electron chi connectivity index (χ1n) is 10.9. The minimum absolute atomic E-state index is 0.271. The molecule has 1 N–H and O–H groups in total. The van der Waals surface area contributed by atoms with E-state index in [0.29, 0.717) is 11.8 Å². The van der Waals surface area contributed by atoms with Gasteiger partial charge in [-0.15, -0.1) is 0 Å². The molecular weight excluding hydrogens is 377 g/mol. The number of rotatable bonds is 5. The third kappa shape index (κ3) is 4.19. The molecule has 1 aliphatic carbocycles. The molecule has 30 heavy (non-hydrogen) atoms. The molecule has 1 aromatic carbocycles. The van der Waals surface area contributed by atoms with E-state index in [1.54, 1.807) is 0 Å². The van der Waals surface area contributed by atoms with E-state index in [0.717, 1.165) is 35.1 Å². The maximum Gasteiger partial charge on any atom is 0.495 e. The van der Waals surface area contributed by atoms with E-state index in [-0.39, 0.29) is 24.4 Å². The van der Waals surface area contributed by atoms with Crippen LogP contribution in [0.1, 0.15) is 64.5 Å². The van der Waals surface area contributed by atoms with Crippen LogP contribution < -0.4 is 15.5 Å². The van der Waals surface area contributed by atoms with Crippen molar-refractivity contribution in [2.24, 2.45) is 0 Å². The van der Waals surface area contributed by atoms with Gasteiger partial charge in [-0.2, -0.15) is 4.98 Å². The fraction of sp³-hybridized carbons (Fsp3) is 0.565. The average Bonchev–Trinajstić information content (AvgIpc) is 3.23. The highest BCUT2D eigenvalue weighted by Crippen LogP contribution is 2.37. The van der Waals surface area contributed by atoms with Crippen molar-refractivity contribution in [3.05, 3.63) is 35.5 Å². The second kappa shape index (κ2) is 7.86. The molecule has 1 aliphatic heterocycles. The number of benzene rings is 1. The molecule has 0 bridgehead atoms. The van der Waals surface area contributed by atoms with Crippen molar-refractivity contribution in [1.29, 1.82) is 0 Å². The molecule has 6 nitrogen and oxygen atoms in total. The van der Waals surface area contributed by atoms with Gasteiger partial charge in [0.05, 0.1) is 11.2 Å². The predicted octanol–water partition coefficient (Wildman–Crippen LogP) is 4.46. The Hall–Kier alpha value is -2.12. The largest absolute Gasteiger partial charge is 0.495 e. The maximum absolute atomic E-state index is 6.20. The summed E-state index contributed by atoms with van der Waals surface area (Å²) < 4.78 is 18.5. The molecule has 4 rings (SSSR count). The molecule has 0 amide bonds. The van der Waals surface area contributed by atoms with Crippen molar-refractivity contribution >= 4 is 24.2 Å². The van der Waals surface area contributed by atoms with Gasteiger partial charge in [0.15, 0.2) is 0 Å². The van der Waals surface area contributed by atoms with Gasteiger partial charge in [0.1, 0.15) is 6.10 Å². The van der Waals surface area contributed by atoms with Crippen molar-refractivity contribution in [3.63, 3.8) is 0 Å². The van der Waals surface area contributed by atoms with Crippen LogP contribution in [0.15, 0.2) is 24.4 Å². The number of hydrogen-bond acceptors (Lipinski definition) is 6. The Balaban J connectivity index is 1.49.